The van der Waals surface area contributed by atoms with Crippen molar-refractivity contribution in [2.24, 2.45) is 0 Å². The first kappa shape index (κ1) is 13.8. The van der Waals surface area contributed by atoms with E-state index in [1.54, 1.807) is 18.3 Å². The highest BCUT2D eigenvalue weighted by molar-refractivity contribution is 7.71. The topological polar surface area (TPSA) is 36.1 Å². The summed E-state index contributed by atoms with van der Waals surface area (Å²) < 4.78 is 0.500. The van der Waals surface area contributed by atoms with Crippen molar-refractivity contribution in [2.75, 3.05) is 13.1 Å². The fourth-order valence-electron chi connectivity index (χ4n) is 2.53. The van der Waals surface area contributed by atoms with Gasteiger partial charge in [0.25, 0.3) is 5.91 Å². The lowest BCUT2D eigenvalue weighted by Gasteiger charge is -2.26. The van der Waals surface area contributed by atoms with Gasteiger partial charge in [0.2, 0.25) is 0 Å². The van der Waals surface area contributed by atoms with E-state index in [0.717, 1.165) is 13.0 Å². The van der Waals surface area contributed by atoms with Crippen LogP contribution in [0.1, 0.15) is 22.3 Å². The van der Waals surface area contributed by atoms with E-state index < -0.39 is 0 Å². The Labute approximate surface area is 128 Å². The number of nitrogens with zero attached hydrogens (tertiary/aromatic N) is 1. The van der Waals surface area contributed by atoms with Gasteiger partial charge in [-0.3, -0.25) is 4.79 Å². The normalized spacial score (nSPS) is 14.7. The number of carbonyl (C=O) groups is 1. The summed E-state index contributed by atoms with van der Waals surface area (Å²) in [7, 11) is 0. The van der Waals surface area contributed by atoms with Crippen LogP contribution in [0.25, 0.3) is 5.57 Å². The maximum Gasteiger partial charge on any atom is 0.257 e. The quantitative estimate of drug-likeness (QED) is 0.858. The van der Waals surface area contributed by atoms with Gasteiger partial charge < -0.3 is 9.88 Å². The Balaban J connectivity index is 1.77. The summed E-state index contributed by atoms with van der Waals surface area (Å²) in [4.78, 5) is 17.2. The van der Waals surface area contributed by atoms with Crippen molar-refractivity contribution < 1.29 is 4.79 Å². The van der Waals surface area contributed by atoms with E-state index in [-0.39, 0.29) is 5.91 Å². The van der Waals surface area contributed by atoms with Crippen LogP contribution < -0.4 is 0 Å². The Hall–Kier alpha value is -2.20. The van der Waals surface area contributed by atoms with Crippen molar-refractivity contribution >= 4 is 23.7 Å². The number of H-pyrrole nitrogens is 1. The average molecular weight is 296 g/mol. The summed E-state index contributed by atoms with van der Waals surface area (Å²) >= 11 is 5.18. The van der Waals surface area contributed by atoms with Gasteiger partial charge in [0.15, 0.2) is 0 Å². The van der Waals surface area contributed by atoms with Crippen LogP contribution in [-0.2, 0) is 0 Å². The number of aromatic amines is 1. The highest BCUT2D eigenvalue weighted by Gasteiger charge is 2.20. The molecule has 3 nitrogen and oxygen atoms in total. The van der Waals surface area contributed by atoms with Crippen LogP contribution >= 0.6 is 12.2 Å². The molecule has 0 aliphatic carbocycles. The Morgan fingerprint density at radius 3 is 2.62 bits per heavy atom. The minimum atomic E-state index is 0.000196. The van der Waals surface area contributed by atoms with Crippen molar-refractivity contribution in [1.82, 2.24) is 9.88 Å². The van der Waals surface area contributed by atoms with E-state index in [1.807, 2.05) is 23.1 Å². The Kier molecular flexibility index (Phi) is 3.97. The summed E-state index contributed by atoms with van der Waals surface area (Å²) in [5, 5.41) is 0. The summed E-state index contributed by atoms with van der Waals surface area (Å²) in [6.45, 7) is 1.36. The molecular formula is C17H16N2OS. The van der Waals surface area contributed by atoms with E-state index in [9.17, 15) is 4.79 Å². The van der Waals surface area contributed by atoms with Crippen molar-refractivity contribution in [3.8, 4) is 0 Å². The third-order valence-electron chi connectivity index (χ3n) is 3.69. The first-order valence-corrected chi connectivity index (χ1v) is 7.38. The van der Waals surface area contributed by atoms with Crippen LogP contribution in [0.5, 0.6) is 0 Å². The molecule has 1 aliphatic heterocycles. The maximum atomic E-state index is 12.5. The molecule has 1 N–H and O–H groups in total. The standard InChI is InChI=1S/C17H16N2OS/c20-17(15-7-4-10-18-16(15)21)19-11-8-14(9-12-19)13-5-2-1-3-6-13/h1-8,10H,9,11-12H2,(H,18,21). The van der Waals surface area contributed by atoms with E-state index in [0.29, 0.717) is 16.7 Å². The average Bonchev–Trinajstić information content (AvgIpc) is 2.56. The number of aromatic nitrogens is 1. The van der Waals surface area contributed by atoms with Crippen LogP contribution in [0.15, 0.2) is 54.7 Å². The zero-order chi connectivity index (χ0) is 14.7. The Morgan fingerprint density at radius 2 is 1.95 bits per heavy atom. The molecule has 0 fully saturated rings. The summed E-state index contributed by atoms with van der Waals surface area (Å²) in [6, 6.07) is 13.9. The lowest BCUT2D eigenvalue weighted by atomic mass is 9.99. The van der Waals surface area contributed by atoms with Crippen LogP contribution in [0.3, 0.4) is 0 Å². The van der Waals surface area contributed by atoms with Crippen molar-refractivity contribution in [3.05, 3.63) is 70.5 Å². The monoisotopic (exact) mass is 296 g/mol. The molecule has 0 unspecified atom stereocenters. The number of amides is 1. The Morgan fingerprint density at radius 1 is 1.14 bits per heavy atom. The van der Waals surface area contributed by atoms with Gasteiger partial charge in [-0.15, -0.1) is 0 Å². The van der Waals surface area contributed by atoms with Crippen LogP contribution in [0, 0.1) is 4.64 Å². The van der Waals surface area contributed by atoms with Crippen molar-refractivity contribution in [3.63, 3.8) is 0 Å². The van der Waals surface area contributed by atoms with Crippen LogP contribution in [0.4, 0.5) is 0 Å². The first-order chi connectivity index (χ1) is 10.3. The molecule has 106 valence electrons. The van der Waals surface area contributed by atoms with E-state index in [1.165, 1.54) is 11.1 Å². The third kappa shape index (κ3) is 2.95. The molecule has 0 spiro atoms. The van der Waals surface area contributed by atoms with Gasteiger partial charge in [0.1, 0.15) is 4.64 Å². The number of carbonyl (C=O) groups excluding carboxylic acids is 1. The number of hydrogen-bond donors (Lipinski definition) is 1. The van der Waals surface area contributed by atoms with Crippen LogP contribution in [0.2, 0.25) is 0 Å². The number of nitrogens with one attached hydrogen (secondary N) is 1. The molecule has 2 heterocycles. The molecule has 1 amide bonds. The molecule has 21 heavy (non-hydrogen) atoms. The molecule has 0 atom stereocenters. The zero-order valence-corrected chi connectivity index (χ0v) is 12.4. The first-order valence-electron chi connectivity index (χ1n) is 6.97. The minimum absolute atomic E-state index is 0.000196. The molecule has 3 rings (SSSR count). The molecular weight excluding hydrogens is 280 g/mol. The lowest BCUT2D eigenvalue weighted by molar-refractivity contribution is 0.0772. The van der Waals surface area contributed by atoms with E-state index >= 15 is 0 Å². The fourth-order valence-corrected chi connectivity index (χ4v) is 2.75. The fraction of sp³-hybridized carbons (Fsp3) is 0.176. The second kappa shape index (κ2) is 6.06. The number of pyridine rings is 1. The SMILES string of the molecule is O=C(c1ccc[nH]c1=S)N1CC=C(c2ccccc2)CC1. The maximum absolute atomic E-state index is 12.5. The van der Waals surface area contributed by atoms with Crippen LogP contribution in [-0.4, -0.2) is 28.9 Å². The van der Waals surface area contributed by atoms with Gasteiger partial charge in [-0.2, -0.15) is 0 Å². The minimum Gasteiger partial charge on any atom is -0.352 e. The third-order valence-corrected chi connectivity index (χ3v) is 4.03. The molecule has 1 aromatic carbocycles. The van der Waals surface area contributed by atoms with Gasteiger partial charge >= 0.3 is 0 Å². The highest BCUT2D eigenvalue weighted by atomic mass is 32.1. The van der Waals surface area contributed by atoms with Crippen molar-refractivity contribution in [2.45, 2.75) is 6.42 Å². The molecule has 2 aromatic rings. The summed E-state index contributed by atoms with van der Waals surface area (Å²) in [5.74, 6) is 0.000196. The van der Waals surface area contributed by atoms with Gasteiger partial charge in [0, 0.05) is 19.3 Å². The highest BCUT2D eigenvalue weighted by Crippen LogP contribution is 2.22. The molecule has 4 heteroatoms. The molecule has 0 saturated carbocycles. The number of benzene rings is 1. The second-order valence-electron chi connectivity index (χ2n) is 5.01. The van der Waals surface area contributed by atoms with Gasteiger partial charge in [-0.05, 0) is 29.7 Å². The Bertz CT molecular complexity index is 734. The van der Waals surface area contributed by atoms with E-state index in [2.05, 4.69) is 23.2 Å². The number of rotatable bonds is 2. The van der Waals surface area contributed by atoms with Gasteiger partial charge in [0.05, 0.1) is 5.56 Å². The summed E-state index contributed by atoms with van der Waals surface area (Å²) in [6.07, 6.45) is 4.74. The smallest absolute Gasteiger partial charge is 0.257 e. The molecule has 1 aromatic heterocycles. The lowest BCUT2D eigenvalue weighted by Crippen LogP contribution is -2.34. The predicted molar refractivity (Wildman–Crippen MR) is 86.6 cm³/mol. The molecule has 0 saturated heterocycles. The van der Waals surface area contributed by atoms with Gasteiger partial charge in [-0.25, -0.2) is 0 Å². The second-order valence-corrected chi connectivity index (χ2v) is 5.42. The molecule has 1 aliphatic rings. The number of hydrogen-bond acceptors (Lipinski definition) is 2. The van der Waals surface area contributed by atoms with Gasteiger partial charge in [-0.1, -0.05) is 48.6 Å². The predicted octanol–water partition coefficient (Wildman–Crippen LogP) is 3.67. The zero-order valence-electron chi connectivity index (χ0n) is 11.6. The molecule has 0 bridgehead atoms. The summed E-state index contributed by atoms with van der Waals surface area (Å²) in [5.41, 5.74) is 3.11. The largest absolute Gasteiger partial charge is 0.352 e. The van der Waals surface area contributed by atoms with Crippen molar-refractivity contribution in [1.29, 1.82) is 0 Å². The van der Waals surface area contributed by atoms with E-state index in [4.69, 9.17) is 12.2 Å². The molecule has 0 radical (unpaired) electrons.